The highest BCUT2D eigenvalue weighted by atomic mass is 16.2. The van der Waals surface area contributed by atoms with E-state index in [1.165, 1.54) is 0 Å². The minimum absolute atomic E-state index is 0.156. The van der Waals surface area contributed by atoms with Gasteiger partial charge in [0.15, 0.2) is 0 Å². The van der Waals surface area contributed by atoms with Crippen LogP contribution in [0.1, 0.15) is 6.92 Å². The zero-order valence-electron chi connectivity index (χ0n) is 8.81. The summed E-state index contributed by atoms with van der Waals surface area (Å²) in [4.78, 5) is 19.4. The van der Waals surface area contributed by atoms with Gasteiger partial charge < -0.3 is 9.80 Å². The van der Waals surface area contributed by atoms with Crippen molar-refractivity contribution in [1.82, 2.24) is 9.88 Å². The van der Waals surface area contributed by atoms with E-state index in [2.05, 4.69) is 16.0 Å². The molecule has 1 radical (unpaired) electrons. The normalized spacial score (nSPS) is 16.6. The first-order valence-corrected chi connectivity index (χ1v) is 5.10. The van der Waals surface area contributed by atoms with Crippen LogP contribution < -0.4 is 4.90 Å². The lowest BCUT2D eigenvalue weighted by molar-refractivity contribution is -0.129. The first kappa shape index (κ1) is 9.96. The second kappa shape index (κ2) is 4.29. The number of carbonyl (C=O) groups is 1. The SMILES string of the molecule is CC(=O)N1CCN(c2cc[c]cn2)CC1. The van der Waals surface area contributed by atoms with E-state index in [0.717, 1.165) is 32.0 Å². The van der Waals surface area contributed by atoms with Gasteiger partial charge in [-0.3, -0.25) is 4.79 Å². The smallest absolute Gasteiger partial charge is 0.219 e. The predicted molar refractivity (Wildman–Crippen MR) is 57.5 cm³/mol. The molecular weight excluding hydrogens is 190 g/mol. The fraction of sp³-hybridized carbons (Fsp3) is 0.455. The summed E-state index contributed by atoms with van der Waals surface area (Å²) in [6, 6.07) is 6.71. The Balaban J connectivity index is 1.97. The minimum atomic E-state index is 0.156. The van der Waals surface area contributed by atoms with E-state index >= 15 is 0 Å². The molecule has 4 heteroatoms. The Labute approximate surface area is 89.5 Å². The van der Waals surface area contributed by atoms with Crippen LogP contribution in [-0.2, 0) is 4.79 Å². The first-order valence-electron chi connectivity index (χ1n) is 5.10. The maximum atomic E-state index is 11.1. The number of piperazine rings is 1. The van der Waals surface area contributed by atoms with Crippen LogP contribution in [0.25, 0.3) is 0 Å². The number of amides is 1. The highest BCUT2D eigenvalue weighted by Crippen LogP contribution is 2.11. The average Bonchev–Trinajstić information content (AvgIpc) is 2.30. The summed E-state index contributed by atoms with van der Waals surface area (Å²) in [6.45, 7) is 4.91. The second-order valence-electron chi connectivity index (χ2n) is 3.61. The van der Waals surface area contributed by atoms with Gasteiger partial charge in [-0.25, -0.2) is 4.98 Å². The molecule has 1 aliphatic rings. The van der Waals surface area contributed by atoms with Crippen LogP contribution in [0, 0.1) is 6.07 Å². The zero-order chi connectivity index (χ0) is 10.7. The van der Waals surface area contributed by atoms with E-state index < -0.39 is 0 Å². The van der Waals surface area contributed by atoms with Crippen LogP contribution in [-0.4, -0.2) is 42.0 Å². The lowest BCUT2D eigenvalue weighted by Crippen LogP contribution is -2.48. The summed E-state index contributed by atoms with van der Waals surface area (Å²) in [6.07, 6.45) is 1.67. The number of pyridine rings is 1. The van der Waals surface area contributed by atoms with E-state index in [1.807, 2.05) is 17.0 Å². The van der Waals surface area contributed by atoms with Crippen LogP contribution in [0.5, 0.6) is 0 Å². The second-order valence-corrected chi connectivity index (χ2v) is 3.61. The summed E-state index contributed by atoms with van der Waals surface area (Å²) in [5.74, 6) is 1.13. The number of aromatic nitrogens is 1. The average molecular weight is 204 g/mol. The number of hydrogen-bond donors (Lipinski definition) is 0. The number of hydrogen-bond acceptors (Lipinski definition) is 3. The van der Waals surface area contributed by atoms with Gasteiger partial charge in [0, 0.05) is 45.4 Å². The monoisotopic (exact) mass is 204 g/mol. The summed E-state index contributed by atoms with van der Waals surface area (Å²) in [7, 11) is 0. The molecule has 1 saturated heterocycles. The molecular formula is C11H14N3O. The number of rotatable bonds is 1. The largest absolute Gasteiger partial charge is 0.353 e. The van der Waals surface area contributed by atoms with Gasteiger partial charge in [0.2, 0.25) is 5.91 Å². The molecule has 0 aromatic carbocycles. The van der Waals surface area contributed by atoms with Gasteiger partial charge >= 0.3 is 0 Å². The number of nitrogens with zero attached hydrogens (tertiary/aromatic N) is 3. The zero-order valence-corrected chi connectivity index (χ0v) is 8.81. The van der Waals surface area contributed by atoms with Crippen molar-refractivity contribution in [2.24, 2.45) is 0 Å². The molecule has 1 amide bonds. The van der Waals surface area contributed by atoms with Gasteiger partial charge in [0.05, 0.1) is 0 Å². The van der Waals surface area contributed by atoms with E-state index in [-0.39, 0.29) is 5.91 Å². The lowest BCUT2D eigenvalue weighted by atomic mass is 10.3. The van der Waals surface area contributed by atoms with Crippen molar-refractivity contribution in [2.75, 3.05) is 31.1 Å². The highest BCUT2D eigenvalue weighted by Gasteiger charge is 2.18. The molecule has 0 atom stereocenters. The van der Waals surface area contributed by atoms with Crippen LogP contribution in [0.4, 0.5) is 5.82 Å². The van der Waals surface area contributed by atoms with Crippen molar-refractivity contribution in [3.05, 3.63) is 24.4 Å². The van der Waals surface area contributed by atoms with Gasteiger partial charge in [0.25, 0.3) is 0 Å². The Morgan fingerprint density at radius 1 is 1.40 bits per heavy atom. The number of carbonyl (C=O) groups excluding carboxylic acids is 1. The van der Waals surface area contributed by atoms with Crippen molar-refractivity contribution < 1.29 is 4.79 Å². The van der Waals surface area contributed by atoms with Crippen molar-refractivity contribution in [2.45, 2.75) is 6.92 Å². The summed E-state index contributed by atoms with van der Waals surface area (Å²) >= 11 is 0. The molecule has 2 heterocycles. The quantitative estimate of drug-likeness (QED) is 0.670. The van der Waals surface area contributed by atoms with Crippen LogP contribution in [0.15, 0.2) is 18.3 Å². The van der Waals surface area contributed by atoms with E-state index in [1.54, 1.807) is 13.1 Å². The highest BCUT2D eigenvalue weighted by molar-refractivity contribution is 5.73. The third kappa shape index (κ3) is 2.26. The molecule has 0 bridgehead atoms. The van der Waals surface area contributed by atoms with Crippen molar-refractivity contribution in [3.8, 4) is 0 Å². The van der Waals surface area contributed by atoms with Gasteiger partial charge in [-0.2, -0.15) is 0 Å². The molecule has 0 unspecified atom stereocenters. The molecule has 1 aromatic heterocycles. The Hall–Kier alpha value is -1.58. The summed E-state index contributed by atoms with van der Waals surface area (Å²) < 4.78 is 0. The summed E-state index contributed by atoms with van der Waals surface area (Å²) in [5, 5.41) is 0. The van der Waals surface area contributed by atoms with E-state index in [9.17, 15) is 4.79 Å². The van der Waals surface area contributed by atoms with Gasteiger partial charge in [-0.1, -0.05) is 0 Å². The molecule has 2 rings (SSSR count). The van der Waals surface area contributed by atoms with Crippen molar-refractivity contribution >= 4 is 11.7 Å². The summed E-state index contributed by atoms with van der Waals surface area (Å²) in [5.41, 5.74) is 0. The standard InChI is InChI=1S/C11H14N3O/c1-10(15)13-6-8-14(9-7-13)11-4-2-3-5-12-11/h2,4-5H,6-9H2,1H3. The predicted octanol–water partition coefficient (Wildman–Crippen LogP) is 0.550. The third-order valence-electron chi connectivity index (χ3n) is 2.65. The van der Waals surface area contributed by atoms with Crippen molar-refractivity contribution in [3.63, 3.8) is 0 Å². The van der Waals surface area contributed by atoms with E-state index in [0.29, 0.717) is 0 Å². The van der Waals surface area contributed by atoms with Crippen LogP contribution in [0.2, 0.25) is 0 Å². The van der Waals surface area contributed by atoms with E-state index in [4.69, 9.17) is 0 Å². The Bertz CT molecular complexity index is 331. The molecule has 1 aromatic rings. The lowest BCUT2D eigenvalue weighted by Gasteiger charge is -2.34. The topological polar surface area (TPSA) is 36.4 Å². The van der Waals surface area contributed by atoms with Gasteiger partial charge in [0.1, 0.15) is 5.82 Å². The Morgan fingerprint density at radius 2 is 2.13 bits per heavy atom. The Kier molecular flexibility index (Phi) is 2.85. The molecule has 0 spiro atoms. The molecule has 0 N–H and O–H groups in total. The number of anilines is 1. The fourth-order valence-electron chi connectivity index (χ4n) is 1.75. The van der Waals surface area contributed by atoms with Gasteiger partial charge in [-0.15, -0.1) is 0 Å². The fourth-order valence-corrected chi connectivity index (χ4v) is 1.75. The molecule has 1 fully saturated rings. The molecule has 4 nitrogen and oxygen atoms in total. The Morgan fingerprint density at radius 3 is 2.67 bits per heavy atom. The molecule has 0 aliphatic carbocycles. The molecule has 0 saturated carbocycles. The minimum Gasteiger partial charge on any atom is -0.353 e. The van der Waals surface area contributed by atoms with Crippen molar-refractivity contribution in [1.29, 1.82) is 0 Å². The third-order valence-corrected chi connectivity index (χ3v) is 2.65. The molecule has 79 valence electrons. The maximum Gasteiger partial charge on any atom is 0.219 e. The maximum absolute atomic E-state index is 11.1. The van der Waals surface area contributed by atoms with Crippen LogP contribution >= 0.6 is 0 Å². The van der Waals surface area contributed by atoms with Gasteiger partial charge in [-0.05, 0) is 12.1 Å². The first-order chi connectivity index (χ1) is 7.27. The molecule has 1 aliphatic heterocycles. The van der Waals surface area contributed by atoms with Crippen LogP contribution in [0.3, 0.4) is 0 Å². The molecule has 15 heavy (non-hydrogen) atoms.